The molecule has 5 heteroatoms. The van der Waals surface area contributed by atoms with Crippen LogP contribution in [0, 0.1) is 0 Å². The van der Waals surface area contributed by atoms with E-state index in [-0.39, 0.29) is 19.4 Å². The van der Waals surface area contributed by atoms with E-state index in [1.54, 1.807) is 0 Å². The van der Waals surface area contributed by atoms with Crippen LogP contribution in [0.15, 0.2) is 0 Å². The molecule has 0 aromatic rings. The van der Waals surface area contributed by atoms with Gasteiger partial charge in [0, 0.05) is 20.5 Å². The zero-order chi connectivity index (χ0) is 10.3. The van der Waals surface area contributed by atoms with Crippen LogP contribution in [0.25, 0.3) is 0 Å². The smallest absolute Gasteiger partial charge is 0.313 e. The summed E-state index contributed by atoms with van der Waals surface area (Å²) in [5.41, 5.74) is 0. The first-order chi connectivity index (χ1) is 6.06. The molecule has 0 radical (unpaired) electrons. The fraction of sp³-hybridized carbons (Fsp3) is 0.750. The minimum absolute atomic E-state index is 0.0180. The van der Waals surface area contributed by atoms with Gasteiger partial charge in [0.05, 0.1) is 12.7 Å². The topological polar surface area (TPSA) is 72.8 Å². The summed E-state index contributed by atoms with van der Waals surface area (Å²) in [6, 6.07) is 0. The van der Waals surface area contributed by atoms with Gasteiger partial charge >= 0.3 is 11.9 Å². The lowest BCUT2D eigenvalue weighted by Gasteiger charge is -2.07. The number of hydrogen-bond donors (Lipinski definition) is 1. The Kier molecular flexibility index (Phi) is 6.09. The van der Waals surface area contributed by atoms with E-state index in [4.69, 9.17) is 5.11 Å². The Morgan fingerprint density at radius 1 is 1.46 bits per heavy atom. The number of ether oxygens (including phenoxy) is 2. The zero-order valence-electron chi connectivity index (χ0n) is 7.78. The summed E-state index contributed by atoms with van der Waals surface area (Å²) in [6.07, 6.45) is -0.436. The van der Waals surface area contributed by atoms with Gasteiger partial charge in [0.25, 0.3) is 0 Å². The monoisotopic (exact) mass is 190 g/mol. The minimum Gasteiger partial charge on any atom is -0.393 e. The average Bonchev–Trinajstić information content (AvgIpc) is 2.00. The third kappa shape index (κ3) is 7.42. The highest BCUT2D eigenvalue weighted by Gasteiger charge is 2.10. The highest BCUT2D eigenvalue weighted by Crippen LogP contribution is 1.99. The predicted octanol–water partition coefficient (Wildman–Crippen LogP) is -0.136. The van der Waals surface area contributed by atoms with Crippen LogP contribution >= 0.6 is 0 Å². The van der Waals surface area contributed by atoms with Crippen LogP contribution in [0.4, 0.5) is 0 Å². The van der Waals surface area contributed by atoms with E-state index in [1.807, 2.05) is 0 Å². The Hall–Kier alpha value is -0.940. The van der Waals surface area contributed by atoms with Gasteiger partial charge in [0.15, 0.2) is 0 Å². The van der Waals surface area contributed by atoms with Crippen molar-refractivity contribution >= 4 is 11.9 Å². The summed E-state index contributed by atoms with van der Waals surface area (Å²) in [5, 5.41) is 9.11. The van der Waals surface area contributed by atoms with Crippen molar-refractivity contribution < 1.29 is 24.2 Å². The largest absolute Gasteiger partial charge is 0.393 e. The van der Waals surface area contributed by atoms with E-state index < -0.39 is 18.0 Å². The molecular formula is C8H14O5. The molecule has 13 heavy (non-hydrogen) atoms. The third-order valence-electron chi connectivity index (χ3n) is 1.30. The molecule has 0 heterocycles. The van der Waals surface area contributed by atoms with Crippen LogP contribution in [0.1, 0.15) is 19.8 Å². The maximum absolute atomic E-state index is 10.8. The standard InChI is InChI=1S/C8H14O5/c1-6(9)13-8(11)4-3-7(10)5-12-2/h7,10H,3-5H2,1-2H3. The van der Waals surface area contributed by atoms with E-state index in [9.17, 15) is 9.59 Å². The molecule has 0 rings (SSSR count). The quantitative estimate of drug-likeness (QED) is 0.482. The molecule has 76 valence electrons. The molecule has 0 spiro atoms. The second-order valence-electron chi connectivity index (χ2n) is 2.61. The minimum atomic E-state index is -0.690. The molecule has 0 aromatic heterocycles. The Morgan fingerprint density at radius 3 is 2.54 bits per heavy atom. The highest BCUT2D eigenvalue weighted by molar-refractivity contribution is 5.83. The van der Waals surface area contributed by atoms with Gasteiger partial charge in [-0.15, -0.1) is 0 Å². The molecule has 0 saturated carbocycles. The first kappa shape index (κ1) is 12.1. The van der Waals surface area contributed by atoms with Gasteiger partial charge in [-0.1, -0.05) is 0 Å². The van der Waals surface area contributed by atoms with Crippen molar-refractivity contribution in [2.45, 2.75) is 25.9 Å². The van der Waals surface area contributed by atoms with Crippen LogP contribution in [0.3, 0.4) is 0 Å². The summed E-state index contributed by atoms with van der Waals surface area (Å²) in [5.74, 6) is -1.26. The maximum atomic E-state index is 10.8. The summed E-state index contributed by atoms with van der Waals surface area (Å²) in [6.45, 7) is 1.33. The molecule has 1 unspecified atom stereocenters. The number of aliphatic hydroxyl groups excluding tert-OH is 1. The molecule has 0 aliphatic heterocycles. The Bertz CT molecular complexity index is 177. The molecule has 0 amide bonds. The fourth-order valence-corrected chi connectivity index (χ4v) is 0.772. The Balaban J connectivity index is 3.51. The molecule has 0 saturated heterocycles. The number of carbonyl (C=O) groups is 2. The number of hydrogen-bond acceptors (Lipinski definition) is 5. The lowest BCUT2D eigenvalue weighted by Crippen LogP contribution is -2.17. The second kappa shape index (κ2) is 6.56. The third-order valence-corrected chi connectivity index (χ3v) is 1.30. The number of carbonyl (C=O) groups excluding carboxylic acids is 2. The van der Waals surface area contributed by atoms with Crippen LogP contribution in [0.5, 0.6) is 0 Å². The SMILES string of the molecule is COCC(O)CCC(=O)OC(C)=O. The maximum Gasteiger partial charge on any atom is 0.313 e. The fourth-order valence-electron chi connectivity index (χ4n) is 0.772. The van der Waals surface area contributed by atoms with Gasteiger partial charge in [0.1, 0.15) is 0 Å². The Morgan fingerprint density at radius 2 is 2.08 bits per heavy atom. The van der Waals surface area contributed by atoms with Crippen molar-refractivity contribution in [3.8, 4) is 0 Å². The number of methoxy groups -OCH3 is 1. The number of rotatable bonds is 5. The first-order valence-electron chi connectivity index (χ1n) is 3.94. The van der Waals surface area contributed by atoms with Crippen LogP contribution in [0.2, 0.25) is 0 Å². The zero-order valence-corrected chi connectivity index (χ0v) is 7.78. The van der Waals surface area contributed by atoms with E-state index in [0.29, 0.717) is 0 Å². The van der Waals surface area contributed by atoms with Gasteiger partial charge in [-0.2, -0.15) is 0 Å². The van der Waals surface area contributed by atoms with Crippen molar-refractivity contribution in [2.75, 3.05) is 13.7 Å². The van der Waals surface area contributed by atoms with Crippen LogP contribution in [-0.2, 0) is 19.1 Å². The molecule has 0 bridgehead atoms. The van der Waals surface area contributed by atoms with Crippen molar-refractivity contribution in [3.05, 3.63) is 0 Å². The van der Waals surface area contributed by atoms with E-state index in [1.165, 1.54) is 7.11 Å². The number of esters is 2. The van der Waals surface area contributed by atoms with Gasteiger partial charge in [-0.05, 0) is 6.42 Å². The lowest BCUT2D eigenvalue weighted by molar-refractivity contribution is -0.158. The molecule has 5 nitrogen and oxygen atoms in total. The second-order valence-corrected chi connectivity index (χ2v) is 2.61. The van der Waals surface area contributed by atoms with E-state index in [0.717, 1.165) is 6.92 Å². The van der Waals surface area contributed by atoms with E-state index >= 15 is 0 Å². The summed E-state index contributed by atoms with van der Waals surface area (Å²) in [7, 11) is 1.46. The van der Waals surface area contributed by atoms with Gasteiger partial charge < -0.3 is 14.6 Å². The predicted molar refractivity (Wildman–Crippen MR) is 43.9 cm³/mol. The molecular weight excluding hydrogens is 176 g/mol. The van der Waals surface area contributed by atoms with Gasteiger partial charge in [-0.25, -0.2) is 0 Å². The average molecular weight is 190 g/mol. The summed E-state index contributed by atoms with van der Waals surface area (Å²) >= 11 is 0. The lowest BCUT2D eigenvalue weighted by atomic mass is 10.2. The molecule has 0 aromatic carbocycles. The molecule has 0 aliphatic carbocycles. The molecule has 0 fully saturated rings. The van der Waals surface area contributed by atoms with Crippen LogP contribution in [-0.4, -0.2) is 36.9 Å². The normalized spacial score (nSPS) is 12.2. The van der Waals surface area contributed by atoms with Crippen molar-refractivity contribution in [2.24, 2.45) is 0 Å². The molecule has 1 atom stereocenters. The first-order valence-corrected chi connectivity index (χ1v) is 3.94. The van der Waals surface area contributed by atoms with Crippen molar-refractivity contribution in [1.82, 2.24) is 0 Å². The highest BCUT2D eigenvalue weighted by atomic mass is 16.6. The van der Waals surface area contributed by atoms with E-state index in [2.05, 4.69) is 9.47 Å². The summed E-state index contributed by atoms with van der Waals surface area (Å²) < 4.78 is 8.90. The molecule has 0 aliphatic rings. The summed E-state index contributed by atoms with van der Waals surface area (Å²) in [4.78, 5) is 21.1. The molecule has 1 N–H and O–H groups in total. The van der Waals surface area contributed by atoms with Crippen LogP contribution < -0.4 is 0 Å². The van der Waals surface area contributed by atoms with Gasteiger partial charge in [-0.3, -0.25) is 9.59 Å². The van der Waals surface area contributed by atoms with Gasteiger partial charge in [0.2, 0.25) is 0 Å². The number of aliphatic hydroxyl groups is 1. The van der Waals surface area contributed by atoms with Crippen molar-refractivity contribution in [1.29, 1.82) is 0 Å². The Labute approximate surface area is 76.6 Å². The van der Waals surface area contributed by atoms with Crippen molar-refractivity contribution in [3.63, 3.8) is 0 Å².